The minimum absolute atomic E-state index is 0.00401. The third-order valence-electron chi connectivity index (χ3n) is 5.60. The first kappa shape index (κ1) is 25.0. The van der Waals surface area contributed by atoms with Gasteiger partial charge in [0.2, 0.25) is 10.0 Å². The van der Waals surface area contributed by atoms with Crippen LogP contribution in [-0.2, 0) is 10.0 Å². The molecular formula is C24H21BrCl2N2O4S. The van der Waals surface area contributed by atoms with Crippen LogP contribution in [0, 0.1) is 5.92 Å². The van der Waals surface area contributed by atoms with Crippen LogP contribution in [0.4, 0.5) is 5.69 Å². The monoisotopic (exact) mass is 582 g/mol. The lowest BCUT2D eigenvalue weighted by molar-refractivity contribution is 0.0696. The minimum Gasteiger partial charge on any atom is -0.478 e. The van der Waals surface area contributed by atoms with Crippen molar-refractivity contribution in [2.45, 2.75) is 6.04 Å². The van der Waals surface area contributed by atoms with E-state index in [-0.39, 0.29) is 29.0 Å². The van der Waals surface area contributed by atoms with Crippen molar-refractivity contribution < 1.29 is 18.3 Å². The highest BCUT2D eigenvalue weighted by molar-refractivity contribution is 9.10. The molecule has 0 aliphatic carbocycles. The predicted octanol–water partition coefficient (Wildman–Crippen LogP) is 5.92. The number of nitrogens with zero attached hydrogens (tertiary/aromatic N) is 1. The summed E-state index contributed by atoms with van der Waals surface area (Å²) in [6, 6.07) is 19.5. The van der Waals surface area contributed by atoms with Gasteiger partial charge in [-0.1, -0.05) is 63.4 Å². The van der Waals surface area contributed by atoms with Gasteiger partial charge in [0.1, 0.15) is 0 Å². The molecule has 3 aromatic rings. The molecule has 1 aliphatic rings. The highest BCUT2D eigenvalue weighted by Gasteiger charge is 2.36. The molecule has 3 aromatic carbocycles. The van der Waals surface area contributed by atoms with Crippen molar-refractivity contribution in [3.05, 3.63) is 97.9 Å². The number of rotatable bonds is 8. The summed E-state index contributed by atoms with van der Waals surface area (Å²) in [4.78, 5) is 13.5. The van der Waals surface area contributed by atoms with E-state index in [1.54, 1.807) is 0 Å². The van der Waals surface area contributed by atoms with Crippen molar-refractivity contribution in [2.24, 2.45) is 5.92 Å². The zero-order valence-corrected chi connectivity index (χ0v) is 21.7. The Bertz CT molecular complexity index is 1250. The number of benzene rings is 3. The molecule has 1 saturated heterocycles. The molecule has 0 radical (unpaired) electrons. The second kappa shape index (κ2) is 10.3. The van der Waals surface area contributed by atoms with Crippen LogP contribution in [0.3, 0.4) is 0 Å². The van der Waals surface area contributed by atoms with Gasteiger partial charge in [0.15, 0.2) is 0 Å². The smallest absolute Gasteiger partial charge is 0.335 e. The molecular weight excluding hydrogens is 563 g/mol. The van der Waals surface area contributed by atoms with Crippen molar-refractivity contribution in [3.8, 4) is 0 Å². The standard InChI is InChI=1S/C24H21BrCl2N2O4S/c25-19-9-18(24(30)31)10-22(11-19)28-34(32,33)14-15-12-29(13-15)23(16-1-5-20(26)6-2-16)17-3-7-21(27)8-4-17/h1-11,15,23,28H,12-14H2,(H,30,31). The van der Waals surface area contributed by atoms with Crippen molar-refractivity contribution in [3.63, 3.8) is 0 Å². The molecule has 0 amide bonds. The first-order valence-electron chi connectivity index (χ1n) is 10.4. The van der Waals surface area contributed by atoms with E-state index < -0.39 is 16.0 Å². The number of carbonyl (C=O) groups is 1. The molecule has 0 unspecified atom stereocenters. The second-order valence-electron chi connectivity index (χ2n) is 8.24. The van der Waals surface area contributed by atoms with Crippen molar-refractivity contribution in [1.29, 1.82) is 0 Å². The van der Waals surface area contributed by atoms with Gasteiger partial charge in [-0.3, -0.25) is 9.62 Å². The van der Waals surface area contributed by atoms with Crippen molar-refractivity contribution >= 4 is 60.8 Å². The fourth-order valence-corrected chi connectivity index (χ4v) is 6.27. The Hall–Kier alpha value is -2.10. The van der Waals surface area contributed by atoms with Gasteiger partial charge in [-0.25, -0.2) is 13.2 Å². The molecule has 0 atom stereocenters. The highest BCUT2D eigenvalue weighted by atomic mass is 79.9. The van der Waals surface area contributed by atoms with Crippen molar-refractivity contribution in [1.82, 2.24) is 4.90 Å². The lowest BCUT2D eigenvalue weighted by Gasteiger charge is -2.44. The SMILES string of the molecule is O=C(O)c1cc(Br)cc(NS(=O)(=O)CC2CN(C(c3ccc(Cl)cc3)c3ccc(Cl)cc3)C2)c1. The predicted molar refractivity (Wildman–Crippen MR) is 138 cm³/mol. The maximum absolute atomic E-state index is 12.8. The van der Waals surface area contributed by atoms with E-state index in [9.17, 15) is 18.3 Å². The summed E-state index contributed by atoms with van der Waals surface area (Å²) in [6.45, 7) is 1.19. The second-order valence-corrected chi connectivity index (χ2v) is 11.8. The van der Waals surface area contributed by atoms with Crippen LogP contribution in [0.5, 0.6) is 0 Å². The number of halogens is 3. The molecule has 1 aliphatic heterocycles. The molecule has 0 bridgehead atoms. The molecule has 1 heterocycles. The highest BCUT2D eigenvalue weighted by Crippen LogP contribution is 2.36. The zero-order chi connectivity index (χ0) is 24.5. The Balaban J connectivity index is 1.46. The van der Waals surface area contributed by atoms with Crippen LogP contribution in [0.15, 0.2) is 71.2 Å². The molecule has 0 aromatic heterocycles. The quantitative estimate of drug-likeness (QED) is 0.344. The first-order chi connectivity index (χ1) is 16.1. The molecule has 2 N–H and O–H groups in total. The van der Waals surface area contributed by atoms with Crippen LogP contribution in [0.2, 0.25) is 10.0 Å². The number of hydrogen-bond donors (Lipinski definition) is 2. The van der Waals surface area contributed by atoms with E-state index in [0.717, 1.165) is 11.1 Å². The topological polar surface area (TPSA) is 86.7 Å². The summed E-state index contributed by atoms with van der Waals surface area (Å²) in [5.74, 6) is -1.26. The van der Waals surface area contributed by atoms with Crippen LogP contribution in [0.1, 0.15) is 27.5 Å². The normalized spacial score (nSPS) is 14.7. The number of anilines is 1. The average molecular weight is 584 g/mol. The summed E-state index contributed by atoms with van der Waals surface area (Å²) in [5, 5.41) is 10.5. The number of nitrogens with one attached hydrogen (secondary N) is 1. The largest absolute Gasteiger partial charge is 0.478 e. The number of carboxylic acid groups (broad SMARTS) is 1. The summed E-state index contributed by atoms with van der Waals surface area (Å²) in [6.07, 6.45) is 0. The number of sulfonamides is 1. The van der Waals surface area contributed by atoms with Crippen molar-refractivity contribution in [2.75, 3.05) is 23.6 Å². The number of hydrogen-bond acceptors (Lipinski definition) is 4. The maximum atomic E-state index is 12.8. The zero-order valence-electron chi connectivity index (χ0n) is 17.8. The fourth-order valence-electron chi connectivity index (χ4n) is 4.13. The van der Waals surface area contributed by atoms with Gasteiger partial charge in [0.05, 0.1) is 23.0 Å². The van der Waals surface area contributed by atoms with E-state index in [0.29, 0.717) is 27.6 Å². The lowest BCUT2D eigenvalue weighted by Crippen LogP contribution is -2.51. The molecule has 4 rings (SSSR count). The Kier molecular flexibility index (Phi) is 7.54. The molecule has 0 spiro atoms. The van der Waals surface area contributed by atoms with Gasteiger partial charge < -0.3 is 5.11 Å². The third kappa shape index (κ3) is 6.12. The molecule has 1 fully saturated rings. The summed E-state index contributed by atoms with van der Waals surface area (Å²) in [7, 11) is -3.67. The van der Waals surface area contributed by atoms with Gasteiger partial charge in [-0.05, 0) is 53.6 Å². The van der Waals surface area contributed by atoms with Gasteiger partial charge in [-0.2, -0.15) is 0 Å². The van der Waals surface area contributed by atoms with Crippen LogP contribution >= 0.6 is 39.1 Å². The van der Waals surface area contributed by atoms with E-state index in [2.05, 4.69) is 25.6 Å². The average Bonchev–Trinajstić information content (AvgIpc) is 2.73. The lowest BCUT2D eigenvalue weighted by atomic mass is 9.91. The van der Waals surface area contributed by atoms with Gasteiger partial charge in [0, 0.05) is 33.5 Å². The Labute approximate surface area is 216 Å². The summed E-state index contributed by atoms with van der Waals surface area (Å²) >= 11 is 15.4. The Morgan fingerprint density at radius 2 is 1.53 bits per heavy atom. The summed E-state index contributed by atoms with van der Waals surface area (Å²) < 4.78 is 28.5. The van der Waals surface area contributed by atoms with E-state index in [1.165, 1.54) is 18.2 Å². The third-order valence-corrected chi connectivity index (χ3v) is 8.01. The molecule has 10 heteroatoms. The molecule has 0 saturated carbocycles. The van der Waals surface area contributed by atoms with E-state index in [1.807, 2.05) is 48.5 Å². The van der Waals surface area contributed by atoms with Crippen LogP contribution in [0.25, 0.3) is 0 Å². The Morgan fingerprint density at radius 3 is 2.03 bits per heavy atom. The molecule has 34 heavy (non-hydrogen) atoms. The maximum Gasteiger partial charge on any atom is 0.335 e. The van der Waals surface area contributed by atoms with Crippen LogP contribution in [-0.4, -0.2) is 43.2 Å². The van der Waals surface area contributed by atoms with Crippen LogP contribution < -0.4 is 4.72 Å². The van der Waals surface area contributed by atoms with Gasteiger partial charge >= 0.3 is 5.97 Å². The Morgan fingerprint density at radius 1 is 1.00 bits per heavy atom. The fraction of sp³-hybridized carbons (Fsp3) is 0.208. The number of carboxylic acids is 1. The number of likely N-dealkylation sites (tertiary alicyclic amines) is 1. The van der Waals surface area contributed by atoms with Gasteiger partial charge in [0.25, 0.3) is 0 Å². The molecule has 178 valence electrons. The first-order valence-corrected chi connectivity index (χ1v) is 13.6. The summed E-state index contributed by atoms with van der Waals surface area (Å²) in [5.41, 5.74) is 2.32. The van der Waals surface area contributed by atoms with Gasteiger partial charge in [-0.15, -0.1) is 0 Å². The van der Waals surface area contributed by atoms with E-state index in [4.69, 9.17) is 23.2 Å². The molecule has 6 nitrogen and oxygen atoms in total. The minimum atomic E-state index is -3.67. The van der Waals surface area contributed by atoms with E-state index >= 15 is 0 Å². The number of aromatic carboxylic acids is 1.